The molecule has 6 nitrogen and oxygen atoms in total. The molecule has 1 saturated heterocycles. The molecule has 1 aromatic rings. The maximum atomic E-state index is 11.8. The minimum atomic E-state index is -0.726. The van der Waals surface area contributed by atoms with Crippen molar-refractivity contribution in [3.8, 4) is 6.07 Å². The van der Waals surface area contributed by atoms with Gasteiger partial charge in [-0.3, -0.25) is 19.8 Å². The van der Waals surface area contributed by atoms with E-state index in [4.69, 9.17) is 5.26 Å². The second-order valence-corrected chi connectivity index (χ2v) is 4.21. The lowest BCUT2D eigenvalue weighted by molar-refractivity contribution is -0.137. The number of benzene rings is 1. The molecule has 0 spiro atoms. The number of nitriles is 1. The number of amides is 4. The average molecular weight is 257 g/mol. The van der Waals surface area contributed by atoms with Gasteiger partial charge in [-0.1, -0.05) is 12.1 Å². The summed E-state index contributed by atoms with van der Waals surface area (Å²) < 4.78 is 0. The predicted octanol–water partition coefficient (Wildman–Crippen LogP) is 1.09. The van der Waals surface area contributed by atoms with Gasteiger partial charge in [0, 0.05) is 0 Å². The van der Waals surface area contributed by atoms with E-state index in [-0.39, 0.29) is 6.42 Å². The summed E-state index contributed by atoms with van der Waals surface area (Å²) in [6.07, 6.45) is -0.339. The van der Waals surface area contributed by atoms with E-state index < -0.39 is 23.9 Å². The molecule has 1 N–H and O–H groups in total. The van der Waals surface area contributed by atoms with E-state index in [1.165, 1.54) is 0 Å². The summed E-state index contributed by atoms with van der Waals surface area (Å²) >= 11 is 0. The summed E-state index contributed by atoms with van der Waals surface area (Å²) in [7, 11) is 0. The highest BCUT2D eigenvalue weighted by molar-refractivity contribution is 6.14. The molecule has 0 saturated carbocycles. The van der Waals surface area contributed by atoms with Crippen LogP contribution < -0.4 is 5.32 Å². The highest BCUT2D eigenvalue weighted by Gasteiger charge is 2.34. The maximum Gasteiger partial charge on any atom is 0.331 e. The average Bonchev–Trinajstić information content (AvgIpc) is 2.37. The first-order valence-corrected chi connectivity index (χ1v) is 5.69. The van der Waals surface area contributed by atoms with Crippen LogP contribution in [0.3, 0.4) is 0 Å². The van der Waals surface area contributed by atoms with E-state index in [2.05, 4.69) is 5.32 Å². The van der Waals surface area contributed by atoms with Crippen molar-refractivity contribution in [2.45, 2.75) is 19.4 Å². The Labute approximate surface area is 109 Å². The van der Waals surface area contributed by atoms with Gasteiger partial charge in [0.1, 0.15) is 6.42 Å². The minimum absolute atomic E-state index is 0.339. The van der Waals surface area contributed by atoms with E-state index in [9.17, 15) is 14.4 Å². The Morgan fingerprint density at radius 3 is 2.74 bits per heavy atom. The standard InChI is InChI=1S/C13H11N3O3/c1-8(10-4-2-3-9(5-10)7-14)16-12(18)6-11(17)15-13(16)19/h2-5,8H,6H2,1H3,(H,15,17,19). The number of carbonyl (C=O) groups excluding carboxylic acids is 3. The first-order valence-electron chi connectivity index (χ1n) is 5.69. The van der Waals surface area contributed by atoms with Gasteiger partial charge < -0.3 is 0 Å². The zero-order valence-corrected chi connectivity index (χ0v) is 10.2. The molecule has 0 radical (unpaired) electrons. The zero-order chi connectivity index (χ0) is 14.0. The van der Waals surface area contributed by atoms with Crippen molar-refractivity contribution in [2.75, 3.05) is 0 Å². The molecule has 1 aliphatic heterocycles. The number of rotatable bonds is 2. The summed E-state index contributed by atoms with van der Waals surface area (Å²) in [5, 5.41) is 10.9. The van der Waals surface area contributed by atoms with Crippen molar-refractivity contribution in [2.24, 2.45) is 0 Å². The molecule has 1 atom stereocenters. The number of urea groups is 1. The third-order valence-corrected chi connectivity index (χ3v) is 2.93. The molecular formula is C13H11N3O3. The highest BCUT2D eigenvalue weighted by Crippen LogP contribution is 2.23. The molecule has 1 aliphatic rings. The summed E-state index contributed by atoms with van der Waals surface area (Å²) in [5.74, 6) is -1.13. The van der Waals surface area contributed by atoms with Crippen molar-refractivity contribution in [3.63, 3.8) is 0 Å². The van der Waals surface area contributed by atoms with Gasteiger partial charge >= 0.3 is 6.03 Å². The van der Waals surface area contributed by atoms with Crippen molar-refractivity contribution in [1.82, 2.24) is 10.2 Å². The first-order chi connectivity index (χ1) is 9.02. The Kier molecular flexibility index (Phi) is 3.29. The lowest BCUT2D eigenvalue weighted by atomic mass is 10.0. The number of nitrogens with zero attached hydrogens (tertiary/aromatic N) is 2. The molecule has 1 unspecified atom stereocenters. The quantitative estimate of drug-likeness (QED) is 0.803. The number of hydrogen-bond acceptors (Lipinski definition) is 4. The SMILES string of the molecule is CC(c1cccc(C#N)c1)N1C(=O)CC(=O)NC1=O. The predicted molar refractivity (Wildman–Crippen MR) is 64.6 cm³/mol. The Bertz CT molecular complexity index is 583. The maximum absolute atomic E-state index is 11.8. The number of nitrogens with one attached hydrogen (secondary N) is 1. The molecule has 0 aromatic heterocycles. The molecule has 19 heavy (non-hydrogen) atoms. The third-order valence-electron chi connectivity index (χ3n) is 2.93. The molecule has 6 heteroatoms. The highest BCUT2D eigenvalue weighted by atomic mass is 16.2. The summed E-state index contributed by atoms with van der Waals surface area (Å²) in [5.41, 5.74) is 1.11. The van der Waals surface area contributed by atoms with Crippen molar-refractivity contribution >= 4 is 17.8 Å². The number of imide groups is 2. The smallest absolute Gasteiger partial charge is 0.277 e. The minimum Gasteiger partial charge on any atom is -0.277 e. The van der Waals surface area contributed by atoms with Crippen LogP contribution in [0.4, 0.5) is 4.79 Å². The van der Waals surface area contributed by atoms with Crippen LogP contribution in [0.2, 0.25) is 0 Å². The zero-order valence-electron chi connectivity index (χ0n) is 10.2. The van der Waals surface area contributed by atoms with Crippen LogP contribution in [0.25, 0.3) is 0 Å². The second-order valence-electron chi connectivity index (χ2n) is 4.21. The molecule has 4 amide bonds. The second kappa shape index (κ2) is 4.90. The Balaban J connectivity index is 2.30. The van der Waals surface area contributed by atoms with E-state index in [1.807, 2.05) is 6.07 Å². The number of barbiturate groups is 1. The van der Waals surface area contributed by atoms with Gasteiger partial charge in [-0.25, -0.2) is 4.79 Å². The van der Waals surface area contributed by atoms with Crippen molar-refractivity contribution in [3.05, 3.63) is 35.4 Å². The van der Waals surface area contributed by atoms with Crippen LogP contribution in [-0.4, -0.2) is 22.7 Å². The molecule has 1 aromatic carbocycles. The lowest BCUT2D eigenvalue weighted by Gasteiger charge is -2.30. The van der Waals surface area contributed by atoms with Gasteiger partial charge in [0.15, 0.2) is 0 Å². The van der Waals surface area contributed by atoms with E-state index >= 15 is 0 Å². The molecule has 0 bridgehead atoms. The summed E-state index contributed by atoms with van der Waals surface area (Å²) in [6.45, 7) is 1.67. The van der Waals surface area contributed by atoms with E-state index in [0.29, 0.717) is 11.1 Å². The van der Waals surface area contributed by atoms with Crippen LogP contribution in [0.5, 0.6) is 0 Å². The van der Waals surface area contributed by atoms with Crippen molar-refractivity contribution in [1.29, 1.82) is 5.26 Å². The van der Waals surface area contributed by atoms with Gasteiger partial charge in [0.25, 0.3) is 0 Å². The van der Waals surface area contributed by atoms with E-state index in [0.717, 1.165) is 4.90 Å². The van der Waals surface area contributed by atoms with Gasteiger partial charge in [-0.2, -0.15) is 5.26 Å². The fourth-order valence-electron chi connectivity index (χ4n) is 1.97. The molecular weight excluding hydrogens is 246 g/mol. The summed E-state index contributed by atoms with van der Waals surface area (Å²) in [6, 6.07) is 7.39. The van der Waals surface area contributed by atoms with Crippen LogP contribution >= 0.6 is 0 Å². The molecule has 0 aliphatic carbocycles. The fourth-order valence-corrected chi connectivity index (χ4v) is 1.97. The normalized spacial score (nSPS) is 16.8. The van der Waals surface area contributed by atoms with Crippen LogP contribution in [0, 0.1) is 11.3 Å². The van der Waals surface area contributed by atoms with E-state index in [1.54, 1.807) is 31.2 Å². The lowest BCUT2D eigenvalue weighted by Crippen LogP contribution is -2.53. The number of carbonyl (C=O) groups is 3. The Morgan fingerprint density at radius 1 is 1.37 bits per heavy atom. The topological polar surface area (TPSA) is 90.3 Å². The molecule has 1 heterocycles. The largest absolute Gasteiger partial charge is 0.331 e. The van der Waals surface area contributed by atoms with Gasteiger partial charge in [-0.15, -0.1) is 0 Å². The first kappa shape index (κ1) is 12.8. The Morgan fingerprint density at radius 2 is 2.11 bits per heavy atom. The van der Waals surface area contributed by atoms with Gasteiger partial charge in [0.05, 0.1) is 17.7 Å². The molecule has 1 fully saturated rings. The molecule has 96 valence electrons. The monoisotopic (exact) mass is 257 g/mol. The fraction of sp³-hybridized carbons (Fsp3) is 0.231. The van der Waals surface area contributed by atoms with Crippen LogP contribution in [-0.2, 0) is 9.59 Å². The van der Waals surface area contributed by atoms with Crippen molar-refractivity contribution < 1.29 is 14.4 Å². The molecule has 2 rings (SSSR count). The number of hydrogen-bond donors (Lipinski definition) is 1. The van der Waals surface area contributed by atoms with Crippen LogP contribution in [0.1, 0.15) is 30.5 Å². The van der Waals surface area contributed by atoms with Gasteiger partial charge in [0.2, 0.25) is 11.8 Å². The Hall–Kier alpha value is -2.68. The third kappa shape index (κ3) is 2.45. The van der Waals surface area contributed by atoms with Crippen LogP contribution in [0.15, 0.2) is 24.3 Å². The van der Waals surface area contributed by atoms with Gasteiger partial charge in [-0.05, 0) is 24.6 Å². The summed E-state index contributed by atoms with van der Waals surface area (Å²) in [4.78, 5) is 35.5.